The van der Waals surface area contributed by atoms with Crippen molar-refractivity contribution in [2.24, 2.45) is 0 Å². The molecule has 0 aromatic carbocycles. The summed E-state index contributed by atoms with van der Waals surface area (Å²) in [7, 11) is 1.63. The van der Waals surface area contributed by atoms with Crippen LogP contribution >= 0.6 is 0 Å². The van der Waals surface area contributed by atoms with Crippen LogP contribution < -0.4 is 20.9 Å². The minimum atomic E-state index is -0.0109. The lowest BCUT2D eigenvalue weighted by Crippen LogP contribution is -2.24. The number of nitrogens with one attached hydrogen (secondary N) is 3. The van der Waals surface area contributed by atoms with E-state index < -0.39 is 0 Å². The van der Waals surface area contributed by atoms with E-state index in [-0.39, 0.29) is 5.91 Å². The Balaban J connectivity index is 2.05. The van der Waals surface area contributed by atoms with Crippen LogP contribution in [0.3, 0.4) is 0 Å². The minimum Gasteiger partial charge on any atom is -0.359 e. The normalized spacial score (nSPS) is 14.1. The Morgan fingerprint density at radius 1 is 1.14 bits per heavy atom. The fourth-order valence-corrected chi connectivity index (χ4v) is 2.15. The van der Waals surface area contributed by atoms with Crippen LogP contribution in [0.4, 0.5) is 17.8 Å². The summed E-state index contributed by atoms with van der Waals surface area (Å²) in [5.41, 5.74) is 0. The zero-order valence-corrected chi connectivity index (χ0v) is 12.6. The first-order valence-electron chi connectivity index (χ1n) is 7.42. The molecule has 1 aliphatic heterocycles. The van der Waals surface area contributed by atoms with Gasteiger partial charge in [0.1, 0.15) is 0 Å². The first-order chi connectivity index (χ1) is 10.2. The number of hydrogen-bond donors (Lipinski definition) is 3. The van der Waals surface area contributed by atoms with Gasteiger partial charge in [-0.2, -0.15) is 15.0 Å². The first kappa shape index (κ1) is 15.3. The van der Waals surface area contributed by atoms with Gasteiger partial charge in [-0.05, 0) is 19.8 Å². The van der Waals surface area contributed by atoms with Gasteiger partial charge in [0.05, 0.1) is 0 Å². The zero-order valence-electron chi connectivity index (χ0n) is 12.6. The van der Waals surface area contributed by atoms with Crippen molar-refractivity contribution in [3.05, 3.63) is 0 Å². The molecule has 2 rings (SSSR count). The Labute approximate surface area is 124 Å². The van der Waals surface area contributed by atoms with Crippen LogP contribution in [0.25, 0.3) is 0 Å². The molecule has 3 N–H and O–H groups in total. The molecular formula is C13H23N7O. The molecule has 0 unspecified atom stereocenters. The summed E-state index contributed by atoms with van der Waals surface area (Å²) in [6.07, 6.45) is 2.72. The van der Waals surface area contributed by atoms with E-state index in [1.54, 1.807) is 7.05 Å². The highest BCUT2D eigenvalue weighted by Crippen LogP contribution is 2.18. The van der Waals surface area contributed by atoms with Crippen LogP contribution in [0.2, 0.25) is 0 Å². The summed E-state index contributed by atoms with van der Waals surface area (Å²) >= 11 is 0. The molecule has 0 aliphatic carbocycles. The molecule has 0 spiro atoms. The third kappa shape index (κ3) is 4.44. The van der Waals surface area contributed by atoms with Crippen molar-refractivity contribution in [1.29, 1.82) is 0 Å². The van der Waals surface area contributed by atoms with E-state index in [2.05, 4.69) is 35.8 Å². The molecule has 0 saturated carbocycles. The van der Waals surface area contributed by atoms with Gasteiger partial charge in [0.15, 0.2) is 0 Å². The highest BCUT2D eigenvalue weighted by Gasteiger charge is 2.17. The van der Waals surface area contributed by atoms with E-state index in [9.17, 15) is 4.79 Å². The second-order valence-electron chi connectivity index (χ2n) is 4.86. The SMILES string of the molecule is CCNc1nc(NCCC(=O)NC)nc(N2CCCC2)n1. The second kappa shape index (κ2) is 7.61. The van der Waals surface area contributed by atoms with Crippen molar-refractivity contribution in [2.45, 2.75) is 26.2 Å². The Morgan fingerprint density at radius 2 is 1.81 bits per heavy atom. The number of hydrogen-bond acceptors (Lipinski definition) is 7. The maximum Gasteiger partial charge on any atom is 0.231 e. The number of anilines is 3. The van der Waals surface area contributed by atoms with E-state index in [1.807, 2.05) is 6.92 Å². The maximum absolute atomic E-state index is 11.2. The summed E-state index contributed by atoms with van der Waals surface area (Å²) < 4.78 is 0. The summed E-state index contributed by atoms with van der Waals surface area (Å²) in [5.74, 6) is 1.76. The molecule has 1 saturated heterocycles. The Kier molecular flexibility index (Phi) is 5.53. The van der Waals surface area contributed by atoms with Gasteiger partial charge in [0.25, 0.3) is 0 Å². The number of nitrogens with zero attached hydrogens (tertiary/aromatic N) is 4. The lowest BCUT2D eigenvalue weighted by atomic mass is 10.4. The van der Waals surface area contributed by atoms with E-state index in [4.69, 9.17) is 0 Å². The minimum absolute atomic E-state index is 0.0109. The maximum atomic E-state index is 11.2. The fraction of sp³-hybridized carbons (Fsp3) is 0.692. The Bertz CT molecular complexity index is 474. The van der Waals surface area contributed by atoms with Crippen LogP contribution in [0.1, 0.15) is 26.2 Å². The predicted molar refractivity (Wildman–Crippen MR) is 82.6 cm³/mol. The second-order valence-corrected chi connectivity index (χ2v) is 4.86. The van der Waals surface area contributed by atoms with Crippen molar-refractivity contribution < 1.29 is 4.79 Å². The van der Waals surface area contributed by atoms with Crippen LogP contribution in [-0.4, -0.2) is 54.1 Å². The Morgan fingerprint density at radius 3 is 2.43 bits per heavy atom. The van der Waals surface area contributed by atoms with Crippen molar-refractivity contribution in [2.75, 3.05) is 48.8 Å². The monoisotopic (exact) mass is 293 g/mol. The molecule has 8 nitrogen and oxygen atoms in total. The molecule has 1 fully saturated rings. The molecule has 116 valence electrons. The van der Waals surface area contributed by atoms with Crippen LogP contribution in [0.5, 0.6) is 0 Å². The molecule has 0 atom stereocenters. The molecule has 8 heteroatoms. The Hall–Kier alpha value is -2.12. The molecule has 1 amide bonds. The standard InChI is InChI=1S/C13H23N7O/c1-3-15-11-17-12(16-7-6-10(21)14-2)19-13(18-11)20-8-4-5-9-20/h3-9H2,1-2H3,(H,14,21)(H2,15,16,17,18,19). The molecule has 1 aliphatic rings. The van der Waals surface area contributed by atoms with Crippen molar-refractivity contribution in [3.63, 3.8) is 0 Å². The van der Waals surface area contributed by atoms with Crippen LogP contribution in [0, 0.1) is 0 Å². The molecule has 0 radical (unpaired) electrons. The highest BCUT2D eigenvalue weighted by molar-refractivity contribution is 5.75. The number of carbonyl (C=O) groups is 1. The number of rotatable bonds is 7. The van der Waals surface area contributed by atoms with Gasteiger partial charge >= 0.3 is 0 Å². The highest BCUT2D eigenvalue weighted by atomic mass is 16.1. The molecule has 1 aromatic heterocycles. The third-order valence-electron chi connectivity index (χ3n) is 3.26. The van der Waals surface area contributed by atoms with Gasteiger partial charge in [0, 0.05) is 39.6 Å². The largest absolute Gasteiger partial charge is 0.359 e. The van der Waals surface area contributed by atoms with Gasteiger partial charge in [-0.1, -0.05) is 0 Å². The quantitative estimate of drug-likeness (QED) is 0.672. The lowest BCUT2D eigenvalue weighted by Gasteiger charge is -2.17. The summed E-state index contributed by atoms with van der Waals surface area (Å²) in [5, 5.41) is 8.78. The van der Waals surface area contributed by atoms with Gasteiger partial charge in [-0.25, -0.2) is 0 Å². The van der Waals surface area contributed by atoms with Gasteiger partial charge in [-0.3, -0.25) is 4.79 Å². The van der Waals surface area contributed by atoms with Crippen molar-refractivity contribution >= 4 is 23.8 Å². The third-order valence-corrected chi connectivity index (χ3v) is 3.26. The fourth-order valence-electron chi connectivity index (χ4n) is 2.15. The van der Waals surface area contributed by atoms with E-state index in [0.717, 1.165) is 19.6 Å². The lowest BCUT2D eigenvalue weighted by molar-refractivity contribution is -0.120. The van der Waals surface area contributed by atoms with E-state index in [0.29, 0.717) is 30.8 Å². The van der Waals surface area contributed by atoms with Gasteiger partial charge in [0.2, 0.25) is 23.8 Å². The first-order valence-corrected chi connectivity index (χ1v) is 7.42. The topological polar surface area (TPSA) is 95.1 Å². The van der Waals surface area contributed by atoms with Crippen LogP contribution in [0.15, 0.2) is 0 Å². The van der Waals surface area contributed by atoms with Gasteiger partial charge in [-0.15, -0.1) is 0 Å². The average Bonchev–Trinajstić information content (AvgIpc) is 3.01. The van der Waals surface area contributed by atoms with Crippen LogP contribution in [-0.2, 0) is 4.79 Å². The molecule has 1 aromatic rings. The van der Waals surface area contributed by atoms with Crippen molar-refractivity contribution in [1.82, 2.24) is 20.3 Å². The average molecular weight is 293 g/mol. The zero-order chi connectivity index (χ0) is 15.1. The smallest absolute Gasteiger partial charge is 0.231 e. The summed E-state index contributed by atoms with van der Waals surface area (Å²) in [6, 6.07) is 0. The summed E-state index contributed by atoms with van der Waals surface area (Å²) in [6.45, 7) is 5.20. The van der Waals surface area contributed by atoms with E-state index in [1.165, 1.54) is 12.8 Å². The summed E-state index contributed by atoms with van der Waals surface area (Å²) in [4.78, 5) is 26.6. The molecule has 2 heterocycles. The number of amides is 1. The predicted octanol–water partition coefficient (Wildman–Crippen LogP) is 0.452. The van der Waals surface area contributed by atoms with Crippen molar-refractivity contribution in [3.8, 4) is 0 Å². The molecule has 0 bridgehead atoms. The van der Waals surface area contributed by atoms with E-state index >= 15 is 0 Å². The number of carbonyl (C=O) groups excluding carboxylic acids is 1. The molecular weight excluding hydrogens is 270 g/mol. The molecule has 21 heavy (non-hydrogen) atoms. The number of aromatic nitrogens is 3. The van der Waals surface area contributed by atoms with Gasteiger partial charge < -0.3 is 20.9 Å².